The number of hydrogen-bond donors (Lipinski definition) is 3. The van der Waals surface area contributed by atoms with Crippen LogP contribution in [0.3, 0.4) is 0 Å². The Morgan fingerprint density at radius 2 is 2.23 bits per heavy atom. The SMILES string of the molecule is OC1CCCCC1NC1=NCCN1. The molecule has 1 fully saturated rings. The zero-order valence-corrected chi connectivity index (χ0v) is 7.79. The Morgan fingerprint density at radius 1 is 1.38 bits per heavy atom. The van der Waals surface area contributed by atoms with Crippen molar-refractivity contribution in [3.05, 3.63) is 0 Å². The minimum atomic E-state index is -0.196. The summed E-state index contributed by atoms with van der Waals surface area (Å²) in [6.07, 6.45) is 4.15. The summed E-state index contributed by atoms with van der Waals surface area (Å²) in [4.78, 5) is 4.25. The first-order chi connectivity index (χ1) is 6.36. The second kappa shape index (κ2) is 3.96. The van der Waals surface area contributed by atoms with Crippen LogP contribution in [-0.2, 0) is 0 Å². The van der Waals surface area contributed by atoms with Crippen molar-refractivity contribution in [2.24, 2.45) is 4.99 Å². The lowest BCUT2D eigenvalue weighted by Gasteiger charge is -2.28. The molecule has 4 nitrogen and oxygen atoms in total. The third-order valence-electron chi connectivity index (χ3n) is 2.73. The summed E-state index contributed by atoms with van der Waals surface area (Å²) in [5, 5.41) is 16.1. The van der Waals surface area contributed by atoms with Gasteiger partial charge in [-0.1, -0.05) is 12.8 Å². The average molecular weight is 183 g/mol. The molecule has 4 heteroatoms. The van der Waals surface area contributed by atoms with E-state index in [0.717, 1.165) is 38.3 Å². The number of aliphatic hydroxyl groups is 1. The van der Waals surface area contributed by atoms with Gasteiger partial charge >= 0.3 is 0 Å². The summed E-state index contributed by atoms with van der Waals surface area (Å²) in [5.74, 6) is 0.867. The quantitative estimate of drug-likeness (QED) is 0.529. The molecule has 2 unspecified atom stereocenters. The summed E-state index contributed by atoms with van der Waals surface area (Å²) >= 11 is 0. The van der Waals surface area contributed by atoms with E-state index in [1.165, 1.54) is 6.42 Å². The second-order valence-electron chi connectivity index (χ2n) is 3.76. The largest absolute Gasteiger partial charge is 0.391 e. The summed E-state index contributed by atoms with van der Waals surface area (Å²) < 4.78 is 0. The minimum Gasteiger partial charge on any atom is -0.391 e. The van der Waals surface area contributed by atoms with Crippen molar-refractivity contribution >= 4 is 5.96 Å². The lowest BCUT2D eigenvalue weighted by Crippen LogP contribution is -2.48. The molecule has 13 heavy (non-hydrogen) atoms. The molecule has 0 radical (unpaired) electrons. The molecule has 0 saturated heterocycles. The van der Waals surface area contributed by atoms with E-state index in [4.69, 9.17) is 0 Å². The molecule has 0 aromatic rings. The van der Waals surface area contributed by atoms with Gasteiger partial charge in [0.05, 0.1) is 18.7 Å². The van der Waals surface area contributed by atoms with E-state index in [1.807, 2.05) is 0 Å². The number of rotatable bonds is 1. The minimum absolute atomic E-state index is 0.196. The van der Waals surface area contributed by atoms with Gasteiger partial charge < -0.3 is 15.7 Å². The highest BCUT2D eigenvalue weighted by Crippen LogP contribution is 2.18. The van der Waals surface area contributed by atoms with Crippen LogP contribution in [0, 0.1) is 0 Å². The average Bonchev–Trinajstić information content (AvgIpc) is 2.61. The number of aliphatic imine (C=N–C) groups is 1. The molecule has 2 aliphatic rings. The lowest BCUT2D eigenvalue weighted by molar-refractivity contribution is 0.0995. The van der Waals surface area contributed by atoms with Crippen LogP contribution in [0.5, 0.6) is 0 Å². The molecule has 0 amide bonds. The van der Waals surface area contributed by atoms with E-state index in [2.05, 4.69) is 15.6 Å². The molecule has 0 aromatic heterocycles. The van der Waals surface area contributed by atoms with Crippen LogP contribution in [0.4, 0.5) is 0 Å². The van der Waals surface area contributed by atoms with E-state index in [1.54, 1.807) is 0 Å². The second-order valence-corrected chi connectivity index (χ2v) is 3.76. The summed E-state index contributed by atoms with van der Waals surface area (Å²) in [6.45, 7) is 1.77. The Labute approximate surface area is 78.4 Å². The van der Waals surface area contributed by atoms with Gasteiger partial charge in [0.25, 0.3) is 0 Å². The monoisotopic (exact) mass is 183 g/mol. The molecule has 3 N–H and O–H groups in total. The Hall–Kier alpha value is -0.770. The molecule has 0 aromatic carbocycles. The Kier molecular flexibility index (Phi) is 2.68. The first-order valence-electron chi connectivity index (χ1n) is 5.09. The molecular weight excluding hydrogens is 166 g/mol. The van der Waals surface area contributed by atoms with E-state index in [0.29, 0.717) is 0 Å². The normalized spacial score (nSPS) is 33.8. The number of aliphatic hydroxyl groups excluding tert-OH is 1. The summed E-state index contributed by atoms with van der Waals surface area (Å²) in [6, 6.07) is 0.207. The lowest BCUT2D eigenvalue weighted by atomic mass is 9.93. The molecule has 0 bridgehead atoms. The van der Waals surface area contributed by atoms with Crippen LogP contribution in [0.15, 0.2) is 4.99 Å². The predicted octanol–water partition coefficient (Wildman–Crippen LogP) is -0.161. The van der Waals surface area contributed by atoms with Gasteiger partial charge in [-0.25, -0.2) is 0 Å². The maximum atomic E-state index is 9.68. The van der Waals surface area contributed by atoms with Crippen LogP contribution in [-0.4, -0.2) is 36.3 Å². The van der Waals surface area contributed by atoms with Crippen LogP contribution in [0.2, 0.25) is 0 Å². The Morgan fingerprint density at radius 3 is 2.92 bits per heavy atom. The topological polar surface area (TPSA) is 56.6 Å². The van der Waals surface area contributed by atoms with E-state index in [-0.39, 0.29) is 12.1 Å². The van der Waals surface area contributed by atoms with Gasteiger partial charge in [-0.3, -0.25) is 4.99 Å². The molecule has 74 valence electrons. The first-order valence-corrected chi connectivity index (χ1v) is 5.09. The third-order valence-corrected chi connectivity index (χ3v) is 2.73. The molecule has 2 atom stereocenters. The van der Waals surface area contributed by atoms with E-state index in [9.17, 15) is 5.11 Å². The van der Waals surface area contributed by atoms with Gasteiger partial charge in [0.2, 0.25) is 0 Å². The van der Waals surface area contributed by atoms with Crippen LogP contribution < -0.4 is 10.6 Å². The fraction of sp³-hybridized carbons (Fsp3) is 0.889. The van der Waals surface area contributed by atoms with Crippen molar-refractivity contribution in [2.45, 2.75) is 37.8 Å². The molecule has 2 rings (SSSR count). The van der Waals surface area contributed by atoms with Crippen molar-refractivity contribution < 1.29 is 5.11 Å². The smallest absolute Gasteiger partial charge is 0.191 e. The molecular formula is C9H17N3O. The highest BCUT2D eigenvalue weighted by atomic mass is 16.3. The molecule has 1 saturated carbocycles. The molecule has 1 aliphatic heterocycles. The van der Waals surface area contributed by atoms with Gasteiger partial charge in [0.1, 0.15) is 0 Å². The van der Waals surface area contributed by atoms with E-state index >= 15 is 0 Å². The standard InChI is InChI=1S/C9H17N3O/c13-8-4-2-1-3-7(8)12-9-10-5-6-11-9/h7-8,13H,1-6H2,(H2,10,11,12). The maximum absolute atomic E-state index is 9.68. The third kappa shape index (κ3) is 2.12. The zero-order valence-electron chi connectivity index (χ0n) is 7.79. The molecule has 1 aliphatic carbocycles. The predicted molar refractivity (Wildman–Crippen MR) is 51.7 cm³/mol. The van der Waals surface area contributed by atoms with E-state index < -0.39 is 0 Å². The summed E-state index contributed by atoms with van der Waals surface area (Å²) in [7, 11) is 0. The highest BCUT2D eigenvalue weighted by molar-refractivity contribution is 5.81. The van der Waals surface area contributed by atoms with Crippen molar-refractivity contribution in [3.63, 3.8) is 0 Å². The molecule has 1 heterocycles. The summed E-state index contributed by atoms with van der Waals surface area (Å²) in [5.41, 5.74) is 0. The number of hydrogen-bond acceptors (Lipinski definition) is 4. The van der Waals surface area contributed by atoms with Gasteiger partial charge in [-0.2, -0.15) is 0 Å². The van der Waals surface area contributed by atoms with Gasteiger partial charge in [0, 0.05) is 6.54 Å². The van der Waals surface area contributed by atoms with Crippen LogP contribution >= 0.6 is 0 Å². The van der Waals surface area contributed by atoms with Crippen LogP contribution in [0.1, 0.15) is 25.7 Å². The Balaban J connectivity index is 1.85. The van der Waals surface area contributed by atoms with Gasteiger partial charge in [-0.05, 0) is 12.8 Å². The van der Waals surface area contributed by atoms with Crippen molar-refractivity contribution in [1.29, 1.82) is 0 Å². The van der Waals surface area contributed by atoms with Gasteiger partial charge in [-0.15, -0.1) is 0 Å². The number of nitrogens with zero attached hydrogens (tertiary/aromatic N) is 1. The van der Waals surface area contributed by atoms with Crippen LogP contribution in [0.25, 0.3) is 0 Å². The van der Waals surface area contributed by atoms with Gasteiger partial charge in [0.15, 0.2) is 5.96 Å². The zero-order chi connectivity index (χ0) is 9.10. The fourth-order valence-corrected chi connectivity index (χ4v) is 1.95. The van der Waals surface area contributed by atoms with Crippen molar-refractivity contribution in [1.82, 2.24) is 10.6 Å². The highest BCUT2D eigenvalue weighted by Gasteiger charge is 2.24. The maximum Gasteiger partial charge on any atom is 0.191 e. The van der Waals surface area contributed by atoms with Crippen molar-refractivity contribution in [2.75, 3.05) is 13.1 Å². The molecule has 0 spiro atoms. The fourth-order valence-electron chi connectivity index (χ4n) is 1.95. The number of guanidine groups is 1. The Bertz CT molecular complexity index is 205. The number of nitrogens with one attached hydrogen (secondary N) is 2. The first kappa shape index (κ1) is 8.81. The van der Waals surface area contributed by atoms with Crippen molar-refractivity contribution in [3.8, 4) is 0 Å².